The van der Waals surface area contributed by atoms with Gasteiger partial charge in [-0.05, 0) is 18.2 Å². The van der Waals surface area contributed by atoms with Crippen molar-refractivity contribution in [2.75, 3.05) is 14.2 Å². The lowest BCUT2D eigenvalue weighted by Crippen LogP contribution is -2.25. The Morgan fingerprint density at radius 3 is 2.50 bits per heavy atom. The topological polar surface area (TPSA) is 70.0 Å². The Kier molecular flexibility index (Phi) is 2.93. The number of hydrogen-bond acceptors (Lipinski definition) is 4. The summed E-state index contributed by atoms with van der Waals surface area (Å²) in [6.45, 7) is 0. The van der Waals surface area contributed by atoms with E-state index in [1.165, 1.54) is 32.4 Å². The number of amides is 1. The van der Waals surface area contributed by atoms with Crippen LogP contribution in [0.2, 0.25) is 0 Å². The molecule has 0 atom stereocenters. The molecule has 0 fully saturated rings. The SMILES string of the molecule is CON(C)C(=O)c1ccc(O)c(O)c1. The summed E-state index contributed by atoms with van der Waals surface area (Å²) in [6.07, 6.45) is 0. The second-order valence-electron chi connectivity index (χ2n) is 2.69. The van der Waals surface area contributed by atoms with Gasteiger partial charge in [0.05, 0.1) is 7.11 Å². The molecule has 0 aliphatic carbocycles. The van der Waals surface area contributed by atoms with Gasteiger partial charge < -0.3 is 10.2 Å². The van der Waals surface area contributed by atoms with E-state index in [-0.39, 0.29) is 17.1 Å². The van der Waals surface area contributed by atoms with Gasteiger partial charge in [-0.1, -0.05) is 0 Å². The van der Waals surface area contributed by atoms with Gasteiger partial charge in [-0.15, -0.1) is 0 Å². The summed E-state index contributed by atoms with van der Waals surface area (Å²) in [5.41, 5.74) is 0.240. The van der Waals surface area contributed by atoms with Crippen molar-refractivity contribution in [3.8, 4) is 11.5 Å². The number of aromatic hydroxyl groups is 2. The number of carbonyl (C=O) groups is 1. The fourth-order valence-electron chi connectivity index (χ4n) is 0.921. The summed E-state index contributed by atoms with van der Waals surface area (Å²) in [5.74, 6) is -0.996. The second-order valence-corrected chi connectivity index (χ2v) is 2.69. The lowest BCUT2D eigenvalue weighted by Gasteiger charge is -2.13. The number of hydroxylamine groups is 2. The minimum atomic E-state index is -0.400. The third-order valence-electron chi connectivity index (χ3n) is 1.78. The minimum absolute atomic E-state index is 0.240. The van der Waals surface area contributed by atoms with Crippen molar-refractivity contribution in [3.05, 3.63) is 23.8 Å². The monoisotopic (exact) mass is 197 g/mol. The van der Waals surface area contributed by atoms with Crippen LogP contribution in [0.15, 0.2) is 18.2 Å². The first-order valence-electron chi connectivity index (χ1n) is 3.90. The molecule has 5 heteroatoms. The fraction of sp³-hybridized carbons (Fsp3) is 0.222. The summed E-state index contributed by atoms with van der Waals surface area (Å²) < 4.78 is 0. The fourth-order valence-corrected chi connectivity index (χ4v) is 0.921. The van der Waals surface area contributed by atoms with Gasteiger partial charge in [0.25, 0.3) is 5.91 Å². The molecule has 0 aliphatic rings. The zero-order chi connectivity index (χ0) is 10.7. The van der Waals surface area contributed by atoms with Crippen LogP contribution in [0.5, 0.6) is 11.5 Å². The average molecular weight is 197 g/mol. The number of phenols is 2. The van der Waals surface area contributed by atoms with E-state index in [2.05, 4.69) is 4.84 Å². The Morgan fingerprint density at radius 1 is 1.36 bits per heavy atom. The highest BCUT2D eigenvalue weighted by Crippen LogP contribution is 2.25. The van der Waals surface area contributed by atoms with E-state index in [4.69, 9.17) is 10.2 Å². The Labute approximate surface area is 81.1 Å². The maximum atomic E-state index is 11.4. The van der Waals surface area contributed by atoms with Crippen LogP contribution in [0.3, 0.4) is 0 Å². The van der Waals surface area contributed by atoms with Crippen LogP contribution in [0.4, 0.5) is 0 Å². The van der Waals surface area contributed by atoms with E-state index < -0.39 is 5.91 Å². The Morgan fingerprint density at radius 2 is 2.00 bits per heavy atom. The number of benzene rings is 1. The van der Waals surface area contributed by atoms with Crippen LogP contribution in [0.1, 0.15) is 10.4 Å². The molecule has 0 aromatic heterocycles. The zero-order valence-corrected chi connectivity index (χ0v) is 7.89. The van der Waals surface area contributed by atoms with Crippen molar-refractivity contribution in [1.82, 2.24) is 5.06 Å². The molecule has 5 nitrogen and oxygen atoms in total. The van der Waals surface area contributed by atoms with Gasteiger partial charge in [0, 0.05) is 12.6 Å². The van der Waals surface area contributed by atoms with Gasteiger partial charge in [-0.3, -0.25) is 9.63 Å². The number of hydrogen-bond donors (Lipinski definition) is 2. The standard InChI is InChI=1S/C9H11NO4/c1-10(14-2)9(13)6-3-4-7(11)8(12)5-6/h3-5,11-12H,1-2H3. The summed E-state index contributed by atoms with van der Waals surface area (Å²) in [6, 6.07) is 3.81. The summed E-state index contributed by atoms with van der Waals surface area (Å²) in [5, 5.41) is 19.2. The van der Waals surface area contributed by atoms with E-state index in [0.717, 1.165) is 5.06 Å². The second kappa shape index (κ2) is 3.97. The van der Waals surface area contributed by atoms with Crippen molar-refractivity contribution >= 4 is 5.91 Å². The Balaban J connectivity index is 2.97. The van der Waals surface area contributed by atoms with Gasteiger partial charge in [-0.2, -0.15) is 0 Å². The quantitative estimate of drug-likeness (QED) is 0.541. The maximum Gasteiger partial charge on any atom is 0.277 e. The largest absolute Gasteiger partial charge is 0.504 e. The Bertz CT molecular complexity index is 351. The summed E-state index contributed by atoms with van der Waals surface area (Å²) >= 11 is 0. The van der Waals surface area contributed by atoms with Crippen LogP contribution in [0.25, 0.3) is 0 Å². The van der Waals surface area contributed by atoms with Crippen molar-refractivity contribution in [1.29, 1.82) is 0 Å². The minimum Gasteiger partial charge on any atom is -0.504 e. The van der Waals surface area contributed by atoms with Crippen molar-refractivity contribution in [2.24, 2.45) is 0 Å². The third-order valence-corrected chi connectivity index (χ3v) is 1.78. The van der Waals surface area contributed by atoms with Crippen molar-refractivity contribution in [3.63, 3.8) is 0 Å². The van der Waals surface area contributed by atoms with Crippen molar-refractivity contribution in [2.45, 2.75) is 0 Å². The normalized spacial score (nSPS) is 9.86. The maximum absolute atomic E-state index is 11.4. The highest BCUT2D eigenvalue weighted by Gasteiger charge is 2.12. The molecule has 2 N–H and O–H groups in total. The van der Waals surface area contributed by atoms with Gasteiger partial charge in [0.2, 0.25) is 0 Å². The molecule has 1 aromatic carbocycles. The molecule has 0 saturated heterocycles. The first-order valence-corrected chi connectivity index (χ1v) is 3.90. The number of phenolic OH excluding ortho intramolecular Hbond substituents is 2. The van der Waals surface area contributed by atoms with Gasteiger partial charge in [-0.25, -0.2) is 5.06 Å². The van der Waals surface area contributed by atoms with Crippen LogP contribution in [-0.2, 0) is 4.84 Å². The van der Waals surface area contributed by atoms with Crippen LogP contribution in [-0.4, -0.2) is 35.3 Å². The van der Waals surface area contributed by atoms with Crippen LogP contribution in [0, 0.1) is 0 Å². The van der Waals surface area contributed by atoms with E-state index in [9.17, 15) is 4.79 Å². The number of rotatable bonds is 2. The molecule has 1 amide bonds. The van der Waals surface area contributed by atoms with Gasteiger partial charge in [0.15, 0.2) is 11.5 Å². The highest BCUT2D eigenvalue weighted by atomic mass is 16.7. The first-order chi connectivity index (χ1) is 6.56. The number of nitrogens with zero attached hydrogens (tertiary/aromatic N) is 1. The highest BCUT2D eigenvalue weighted by molar-refractivity contribution is 5.94. The smallest absolute Gasteiger partial charge is 0.277 e. The van der Waals surface area contributed by atoms with Crippen LogP contribution < -0.4 is 0 Å². The van der Waals surface area contributed by atoms with Gasteiger partial charge in [0.1, 0.15) is 0 Å². The Hall–Kier alpha value is -1.75. The van der Waals surface area contributed by atoms with Crippen molar-refractivity contribution < 1.29 is 19.8 Å². The van der Waals surface area contributed by atoms with E-state index in [1.54, 1.807) is 0 Å². The first kappa shape index (κ1) is 10.3. The third kappa shape index (κ3) is 1.94. The molecular weight excluding hydrogens is 186 g/mol. The summed E-state index contributed by atoms with van der Waals surface area (Å²) in [7, 11) is 2.81. The van der Waals surface area contributed by atoms with E-state index >= 15 is 0 Å². The molecule has 0 saturated carbocycles. The van der Waals surface area contributed by atoms with Crippen LogP contribution >= 0.6 is 0 Å². The average Bonchev–Trinajstić information content (AvgIpc) is 2.20. The lowest BCUT2D eigenvalue weighted by molar-refractivity contribution is -0.0757. The predicted molar refractivity (Wildman–Crippen MR) is 48.9 cm³/mol. The molecule has 0 aliphatic heterocycles. The molecule has 0 bridgehead atoms. The zero-order valence-electron chi connectivity index (χ0n) is 7.89. The summed E-state index contributed by atoms with van der Waals surface area (Å²) in [4.78, 5) is 16.1. The molecule has 14 heavy (non-hydrogen) atoms. The molecule has 1 rings (SSSR count). The molecule has 0 unspecified atom stereocenters. The van der Waals surface area contributed by atoms with E-state index in [1.807, 2.05) is 0 Å². The molecule has 0 radical (unpaired) electrons. The van der Waals surface area contributed by atoms with Gasteiger partial charge >= 0.3 is 0 Å². The molecule has 0 spiro atoms. The van der Waals surface area contributed by atoms with E-state index in [0.29, 0.717) is 0 Å². The molecular formula is C9H11NO4. The molecule has 0 heterocycles. The predicted octanol–water partition coefficient (Wildman–Crippen LogP) is 0.731. The lowest BCUT2D eigenvalue weighted by atomic mass is 10.2. The molecule has 76 valence electrons. The number of carbonyl (C=O) groups excluding carboxylic acids is 1. The molecule has 1 aromatic rings.